The van der Waals surface area contributed by atoms with Gasteiger partial charge < -0.3 is 26.3 Å². The summed E-state index contributed by atoms with van der Waals surface area (Å²) >= 11 is 0. The second-order valence-corrected chi connectivity index (χ2v) is 11.6. The van der Waals surface area contributed by atoms with E-state index >= 15 is 0 Å². The van der Waals surface area contributed by atoms with Gasteiger partial charge in [-0.15, -0.1) is 0 Å². The molecule has 1 aromatic carbocycles. The number of carbonyl (C=O) groups excluding carboxylic acids is 1. The number of aromatic nitrogens is 2. The SMILES string of the molecule is C=C(C)/C(=C(/C)ON)S(=O)(=O)C1(c2cc(N)nc(-c3ccc(NC(=O)NCC4(O)CC4)cc3)n2)CC1. The zero-order chi connectivity index (χ0) is 26.3. The summed E-state index contributed by atoms with van der Waals surface area (Å²) in [6, 6.07) is 7.77. The molecule has 4 rings (SSSR count). The third-order valence-corrected chi connectivity index (χ3v) is 9.21. The van der Waals surface area contributed by atoms with Crippen molar-refractivity contribution in [3.8, 4) is 11.4 Å². The summed E-state index contributed by atoms with van der Waals surface area (Å²) in [6.45, 7) is 7.03. The summed E-state index contributed by atoms with van der Waals surface area (Å²) in [7, 11) is -3.94. The summed E-state index contributed by atoms with van der Waals surface area (Å²) in [5.41, 5.74) is 6.98. The van der Waals surface area contributed by atoms with Crippen molar-refractivity contribution in [1.82, 2.24) is 15.3 Å². The molecule has 11 nitrogen and oxygen atoms in total. The highest BCUT2D eigenvalue weighted by molar-refractivity contribution is 7.96. The van der Waals surface area contributed by atoms with Crippen LogP contribution in [-0.4, -0.2) is 41.7 Å². The summed E-state index contributed by atoms with van der Waals surface area (Å²) in [5.74, 6) is 5.70. The fourth-order valence-corrected chi connectivity index (χ4v) is 6.31. The molecule has 12 heteroatoms. The maximum absolute atomic E-state index is 13.7. The number of hydrogen-bond acceptors (Lipinski definition) is 9. The molecular weight excluding hydrogens is 484 g/mol. The number of hydrogen-bond donors (Lipinski definition) is 5. The molecule has 2 saturated carbocycles. The smallest absolute Gasteiger partial charge is 0.319 e. The molecule has 192 valence electrons. The molecule has 0 unspecified atom stereocenters. The highest BCUT2D eigenvalue weighted by Crippen LogP contribution is 2.56. The minimum Gasteiger partial charge on any atom is -0.415 e. The lowest BCUT2D eigenvalue weighted by molar-refractivity contribution is 0.149. The van der Waals surface area contributed by atoms with E-state index < -0.39 is 26.2 Å². The number of allylic oxidation sites excluding steroid dienone is 2. The molecule has 2 aliphatic rings. The standard InChI is InChI=1S/C24H30N6O5S/c1-14(2)20(15(3)35-26)36(33,34)24(10-11-24)18-12-19(25)30-21(29-18)16-4-6-17(7-5-16)28-22(31)27-13-23(32)8-9-23/h4-7,12,32H,1,8-11,13,26H2,2-3H3,(H2,25,29,30)(H2,27,28,31)/b20-15+. The number of anilines is 2. The molecule has 0 bridgehead atoms. The lowest BCUT2D eigenvalue weighted by Crippen LogP contribution is -2.36. The van der Waals surface area contributed by atoms with Crippen molar-refractivity contribution < 1.29 is 23.2 Å². The van der Waals surface area contributed by atoms with Crippen LogP contribution >= 0.6 is 0 Å². The Balaban J connectivity index is 1.59. The van der Waals surface area contributed by atoms with Crippen molar-refractivity contribution in [3.05, 3.63) is 58.8 Å². The maximum Gasteiger partial charge on any atom is 0.319 e. The van der Waals surface area contributed by atoms with E-state index in [9.17, 15) is 18.3 Å². The predicted octanol–water partition coefficient (Wildman–Crippen LogP) is 2.47. The molecule has 0 radical (unpaired) electrons. The van der Waals surface area contributed by atoms with Gasteiger partial charge in [0.15, 0.2) is 15.7 Å². The van der Waals surface area contributed by atoms with E-state index in [2.05, 4.69) is 27.2 Å². The Kier molecular flexibility index (Phi) is 6.54. The van der Waals surface area contributed by atoms with Gasteiger partial charge in [0.05, 0.1) is 11.3 Å². The molecule has 7 N–H and O–H groups in total. The van der Waals surface area contributed by atoms with Crippen LogP contribution in [0.4, 0.5) is 16.3 Å². The minimum atomic E-state index is -3.94. The van der Waals surface area contributed by atoms with Crippen LogP contribution in [0.25, 0.3) is 11.4 Å². The predicted molar refractivity (Wildman–Crippen MR) is 136 cm³/mol. The van der Waals surface area contributed by atoms with E-state index in [4.69, 9.17) is 16.5 Å². The number of sulfone groups is 1. The molecule has 2 fully saturated rings. The number of nitrogen functional groups attached to an aromatic ring is 1. The number of amides is 2. The topological polar surface area (TPSA) is 183 Å². The average Bonchev–Trinajstić information content (AvgIpc) is 3.74. The lowest BCUT2D eigenvalue weighted by atomic mass is 10.1. The van der Waals surface area contributed by atoms with Crippen molar-refractivity contribution in [2.24, 2.45) is 5.90 Å². The zero-order valence-corrected chi connectivity index (χ0v) is 21.0. The first-order chi connectivity index (χ1) is 16.9. The van der Waals surface area contributed by atoms with Gasteiger partial charge in [-0.1, -0.05) is 6.58 Å². The van der Waals surface area contributed by atoms with Crippen LogP contribution in [0, 0.1) is 0 Å². The maximum atomic E-state index is 13.7. The number of aliphatic hydroxyl groups is 1. The first kappa shape index (κ1) is 25.6. The second kappa shape index (κ2) is 9.19. The molecule has 2 aromatic rings. The van der Waals surface area contributed by atoms with Gasteiger partial charge in [0, 0.05) is 23.9 Å². The van der Waals surface area contributed by atoms with Gasteiger partial charge in [-0.3, -0.25) is 0 Å². The highest BCUT2D eigenvalue weighted by atomic mass is 32.2. The van der Waals surface area contributed by atoms with E-state index in [1.54, 1.807) is 31.2 Å². The van der Waals surface area contributed by atoms with E-state index in [1.165, 1.54) is 13.0 Å². The van der Waals surface area contributed by atoms with Crippen molar-refractivity contribution >= 4 is 27.4 Å². The number of carbonyl (C=O) groups is 1. The Morgan fingerprint density at radius 3 is 2.33 bits per heavy atom. The summed E-state index contributed by atoms with van der Waals surface area (Å²) < 4.78 is 26.1. The van der Waals surface area contributed by atoms with Crippen molar-refractivity contribution in [2.75, 3.05) is 17.6 Å². The van der Waals surface area contributed by atoms with Crippen LogP contribution in [-0.2, 0) is 19.4 Å². The number of nitrogens with two attached hydrogens (primary N) is 2. The number of urea groups is 1. The molecule has 2 aliphatic carbocycles. The number of nitrogens with zero attached hydrogens (tertiary/aromatic N) is 2. The summed E-state index contributed by atoms with van der Waals surface area (Å²) in [6.07, 6.45) is 2.07. The average molecular weight is 515 g/mol. The van der Waals surface area contributed by atoms with Crippen LogP contribution < -0.4 is 22.3 Å². The van der Waals surface area contributed by atoms with Gasteiger partial charge in [0.2, 0.25) is 0 Å². The molecule has 0 spiro atoms. The zero-order valence-electron chi connectivity index (χ0n) is 20.2. The lowest BCUT2D eigenvalue weighted by Gasteiger charge is -2.20. The normalized spacial score (nSPS) is 18.0. The minimum absolute atomic E-state index is 0.0504. The molecule has 0 saturated heterocycles. The molecule has 1 heterocycles. The Labute approximate surface area is 209 Å². The molecule has 2 amide bonds. The highest BCUT2D eigenvalue weighted by Gasteiger charge is 2.59. The van der Waals surface area contributed by atoms with E-state index in [0.29, 0.717) is 42.5 Å². The van der Waals surface area contributed by atoms with Crippen LogP contribution in [0.2, 0.25) is 0 Å². The van der Waals surface area contributed by atoms with Crippen LogP contribution in [0.15, 0.2) is 53.1 Å². The van der Waals surface area contributed by atoms with Gasteiger partial charge in [0.25, 0.3) is 0 Å². The summed E-state index contributed by atoms with van der Waals surface area (Å²) in [5, 5.41) is 15.2. The fraction of sp³-hybridized carbons (Fsp3) is 0.375. The van der Waals surface area contributed by atoms with Crippen molar-refractivity contribution in [1.29, 1.82) is 0 Å². The van der Waals surface area contributed by atoms with Gasteiger partial charge in [0.1, 0.15) is 21.2 Å². The van der Waals surface area contributed by atoms with Gasteiger partial charge in [-0.2, -0.15) is 5.90 Å². The van der Waals surface area contributed by atoms with Crippen molar-refractivity contribution in [2.45, 2.75) is 49.9 Å². The van der Waals surface area contributed by atoms with E-state index in [1.807, 2.05) is 0 Å². The number of nitrogens with one attached hydrogen (secondary N) is 2. The molecule has 1 aromatic heterocycles. The number of benzene rings is 1. The Hall–Kier alpha value is -3.48. The first-order valence-electron chi connectivity index (χ1n) is 11.4. The third-order valence-electron chi connectivity index (χ3n) is 6.39. The van der Waals surface area contributed by atoms with Crippen molar-refractivity contribution in [3.63, 3.8) is 0 Å². The number of rotatable bonds is 9. The second-order valence-electron chi connectivity index (χ2n) is 9.39. The first-order valence-corrected chi connectivity index (χ1v) is 12.9. The monoisotopic (exact) mass is 514 g/mol. The van der Waals surface area contributed by atoms with Crippen LogP contribution in [0.5, 0.6) is 0 Å². The van der Waals surface area contributed by atoms with Gasteiger partial charge in [-0.25, -0.2) is 23.2 Å². The van der Waals surface area contributed by atoms with Gasteiger partial charge in [-0.05, 0) is 69.4 Å². The molecule has 36 heavy (non-hydrogen) atoms. The quantitative estimate of drug-likeness (QED) is 0.191. The van der Waals surface area contributed by atoms with Crippen LogP contribution in [0.3, 0.4) is 0 Å². The molecule has 0 atom stereocenters. The van der Waals surface area contributed by atoms with Crippen LogP contribution in [0.1, 0.15) is 45.2 Å². The Morgan fingerprint density at radius 2 is 1.81 bits per heavy atom. The summed E-state index contributed by atoms with van der Waals surface area (Å²) in [4.78, 5) is 25.6. The molecular formula is C24H30N6O5S. The third kappa shape index (κ3) is 4.92. The van der Waals surface area contributed by atoms with Gasteiger partial charge >= 0.3 is 6.03 Å². The largest absolute Gasteiger partial charge is 0.415 e. The van der Waals surface area contributed by atoms with E-state index in [-0.39, 0.29) is 34.5 Å². The fourth-order valence-electron chi connectivity index (χ4n) is 4.02. The molecule has 0 aliphatic heterocycles. The Bertz CT molecular complexity index is 1350. The van der Waals surface area contributed by atoms with E-state index in [0.717, 1.165) is 0 Å². The Morgan fingerprint density at radius 1 is 1.17 bits per heavy atom.